The minimum atomic E-state index is -0.204. The number of thiophene rings is 1. The van der Waals surface area contributed by atoms with Gasteiger partial charge in [-0.1, -0.05) is 20.3 Å². The number of aryl methyl sites for hydroxylation is 2. The Morgan fingerprint density at radius 1 is 1.10 bits per heavy atom. The van der Waals surface area contributed by atoms with E-state index in [4.69, 9.17) is 14.7 Å². The summed E-state index contributed by atoms with van der Waals surface area (Å²) >= 11 is 1.88. The molecule has 1 aliphatic carbocycles. The van der Waals surface area contributed by atoms with Crippen LogP contribution in [0, 0.1) is 0 Å². The van der Waals surface area contributed by atoms with Gasteiger partial charge in [0.2, 0.25) is 0 Å². The summed E-state index contributed by atoms with van der Waals surface area (Å²) in [6.45, 7) is 9.60. The smallest absolute Gasteiger partial charge is 0.409 e. The van der Waals surface area contributed by atoms with Gasteiger partial charge in [-0.25, -0.2) is 14.8 Å². The zero-order chi connectivity index (χ0) is 20.4. The van der Waals surface area contributed by atoms with Gasteiger partial charge in [0.15, 0.2) is 0 Å². The molecule has 0 saturated carbocycles. The molecule has 1 saturated heterocycles. The molecule has 1 fully saturated rings. The molecule has 1 atom stereocenters. The number of hydrogen-bond donors (Lipinski definition) is 0. The molecule has 4 rings (SSSR count). The minimum Gasteiger partial charge on any atom is -0.450 e. The summed E-state index contributed by atoms with van der Waals surface area (Å²) in [7, 11) is 0. The summed E-state index contributed by atoms with van der Waals surface area (Å²) in [6.07, 6.45) is 6.97. The van der Waals surface area contributed by atoms with Crippen molar-refractivity contribution in [3.05, 3.63) is 16.3 Å². The Kier molecular flexibility index (Phi) is 6.23. The van der Waals surface area contributed by atoms with E-state index in [2.05, 4.69) is 18.7 Å². The van der Waals surface area contributed by atoms with Crippen molar-refractivity contribution in [2.24, 2.45) is 0 Å². The molecule has 6 nitrogen and oxygen atoms in total. The first-order valence-corrected chi connectivity index (χ1v) is 11.9. The Labute approximate surface area is 177 Å². The van der Waals surface area contributed by atoms with E-state index in [1.165, 1.54) is 41.5 Å². The molecule has 1 amide bonds. The number of carbonyl (C=O) groups is 1. The minimum absolute atomic E-state index is 0.204. The molecule has 1 aliphatic heterocycles. The topological polar surface area (TPSA) is 58.6 Å². The first-order chi connectivity index (χ1) is 14.1. The lowest BCUT2D eigenvalue weighted by atomic mass is 10.1. The van der Waals surface area contributed by atoms with E-state index in [9.17, 15) is 4.79 Å². The summed E-state index contributed by atoms with van der Waals surface area (Å²) in [5.74, 6) is 2.40. The number of amides is 1. The Hall–Kier alpha value is -1.89. The van der Waals surface area contributed by atoms with E-state index >= 15 is 0 Å². The molecule has 2 aliphatic rings. The van der Waals surface area contributed by atoms with Crippen LogP contribution in [0.3, 0.4) is 0 Å². The highest BCUT2D eigenvalue weighted by Crippen LogP contribution is 2.40. The molecule has 2 aromatic rings. The van der Waals surface area contributed by atoms with Crippen molar-refractivity contribution in [1.82, 2.24) is 14.9 Å². The second-order valence-corrected chi connectivity index (χ2v) is 9.22. The van der Waals surface area contributed by atoms with Crippen LogP contribution in [0.15, 0.2) is 0 Å². The predicted molar refractivity (Wildman–Crippen MR) is 118 cm³/mol. The van der Waals surface area contributed by atoms with Crippen LogP contribution in [0.2, 0.25) is 0 Å². The quantitative estimate of drug-likeness (QED) is 0.673. The van der Waals surface area contributed by atoms with Crippen molar-refractivity contribution >= 4 is 33.5 Å². The number of nitrogens with zero attached hydrogens (tertiary/aromatic N) is 4. The second-order valence-electron chi connectivity index (χ2n) is 8.13. The Morgan fingerprint density at radius 3 is 2.59 bits per heavy atom. The number of carbonyl (C=O) groups excluding carboxylic acids is 1. The number of piperazine rings is 1. The van der Waals surface area contributed by atoms with Gasteiger partial charge in [-0.05, 0) is 44.6 Å². The number of hydrogen-bond acceptors (Lipinski definition) is 6. The van der Waals surface area contributed by atoms with Gasteiger partial charge < -0.3 is 14.5 Å². The van der Waals surface area contributed by atoms with Crippen molar-refractivity contribution < 1.29 is 9.53 Å². The van der Waals surface area contributed by atoms with Crippen LogP contribution in [0.4, 0.5) is 10.6 Å². The van der Waals surface area contributed by atoms with Crippen molar-refractivity contribution in [3.63, 3.8) is 0 Å². The van der Waals surface area contributed by atoms with Crippen LogP contribution >= 0.6 is 11.3 Å². The standard InChI is InChI=1S/C22H32N4O2S/c1-4-15(3)19-23-20(25-11-13-26(14-12-25)22(27)28-5-2)18-16-9-7-6-8-10-17(16)29-21(18)24-19/h15H,4-14H2,1-3H3. The third kappa shape index (κ3) is 4.06. The van der Waals surface area contributed by atoms with Gasteiger partial charge in [0, 0.05) is 37.0 Å². The number of rotatable bonds is 4. The van der Waals surface area contributed by atoms with Gasteiger partial charge in [-0.15, -0.1) is 11.3 Å². The number of ether oxygens (including phenoxy) is 1. The molecule has 0 bridgehead atoms. The zero-order valence-electron chi connectivity index (χ0n) is 17.9. The highest BCUT2D eigenvalue weighted by Gasteiger charge is 2.28. The van der Waals surface area contributed by atoms with Crippen molar-refractivity contribution in [3.8, 4) is 0 Å². The lowest BCUT2D eigenvalue weighted by Gasteiger charge is -2.35. The van der Waals surface area contributed by atoms with Crippen molar-refractivity contribution in [2.75, 3.05) is 37.7 Å². The van der Waals surface area contributed by atoms with Crippen LogP contribution in [0.5, 0.6) is 0 Å². The highest BCUT2D eigenvalue weighted by atomic mass is 32.1. The number of anilines is 1. The maximum atomic E-state index is 12.1. The van der Waals surface area contributed by atoms with Crippen LogP contribution in [0.1, 0.15) is 68.6 Å². The van der Waals surface area contributed by atoms with Gasteiger partial charge in [-0.3, -0.25) is 0 Å². The van der Waals surface area contributed by atoms with Gasteiger partial charge in [-0.2, -0.15) is 0 Å². The second kappa shape index (κ2) is 8.86. The van der Waals surface area contributed by atoms with E-state index in [0.717, 1.165) is 42.4 Å². The van der Waals surface area contributed by atoms with Crippen molar-refractivity contribution in [2.45, 2.75) is 65.2 Å². The molecule has 2 aromatic heterocycles. The Bertz CT molecular complexity index is 873. The van der Waals surface area contributed by atoms with Crippen LogP contribution in [-0.4, -0.2) is 53.7 Å². The average Bonchev–Trinajstić information content (AvgIpc) is 2.93. The maximum absolute atomic E-state index is 12.1. The predicted octanol–water partition coefficient (Wildman–Crippen LogP) is 4.75. The van der Waals surface area contributed by atoms with Crippen molar-refractivity contribution in [1.29, 1.82) is 0 Å². The van der Waals surface area contributed by atoms with Crippen LogP contribution in [-0.2, 0) is 17.6 Å². The van der Waals surface area contributed by atoms with E-state index < -0.39 is 0 Å². The zero-order valence-corrected chi connectivity index (χ0v) is 18.7. The molecule has 0 spiro atoms. The molecule has 1 unspecified atom stereocenters. The van der Waals surface area contributed by atoms with E-state index in [-0.39, 0.29) is 6.09 Å². The Morgan fingerprint density at radius 2 is 1.86 bits per heavy atom. The summed E-state index contributed by atoms with van der Waals surface area (Å²) in [4.78, 5) is 29.0. The molecular formula is C22H32N4O2S. The molecule has 29 heavy (non-hydrogen) atoms. The monoisotopic (exact) mass is 416 g/mol. The van der Waals surface area contributed by atoms with Gasteiger partial charge in [0.05, 0.1) is 12.0 Å². The molecule has 158 valence electrons. The lowest BCUT2D eigenvalue weighted by Crippen LogP contribution is -2.49. The molecule has 0 aromatic carbocycles. The van der Waals surface area contributed by atoms with Gasteiger partial charge >= 0.3 is 6.09 Å². The highest BCUT2D eigenvalue weighted by molar-refractivity contribution is 7.19. The number of aromatic nitrogens is 2. The summed E-state index contributed by atoms with van der Waals surface area (Å²) in [5, 5.41) is 1.28. The third-order valence-electron chi connectivity index (χ3n) is 6.22. The summed E-state index contributed by atoms with van der Waals surface area (Å²) in [5.41, 5.74) is 1.49. The van der Waals surface area contributed by atoms with E-state index in [0.29, 0.717) is 25.6 Å². The number of fused-ring (bicyclic) bond motifs is 3. The third-order valence-corrected chi connectivity index (χ3v) is 7.41. The van der Waals surface area contributed by atoms with E-state index in [1.54, 1.807) is 0 Å². The normalized spacial score (nSPS) is 18.4. The molecule has 7 heteroatoms. The summed E-state index contributed by atoms with van der Waals surface area (Å²) < 4.78 is 5.18. The van der Waals surface area contributed by atoms with Crippen LogP contribution < -0.4 is 4.90 Å². The first kappa shape index (κ1) is 20.4. The fourth-order valence-electron chi connectivity index (χ4n) is 4.28. The molecular weight excluding hydrogens is 384 g/mol. The fraction of sp³-hybridized carbons (Fsp3) is 0.682. The van der Waals surface area contributed by atoms with Gasteiger partial charge in [0.1, 0.15) is 16.5 Å². The SMILES string of the molecule is CCOC(=O)N1CCN(c2nc(C(C)CC)nc3sc4c(c23)CCCCC4)CC1. The largest absolute Gasteiger partial charge is 0.450 e. The van der Waals surface area contributed by atoms with Gasteiger partial charge in [0.25, 0.3) is 0 Å². The molecule has 0 N–H and O–H groups in total. The van der Waals surface area contributed by atoms with E-state index in [1.807, 2.05) is 23.2 Å². The maximum Gasteiger partial charge on any atom is 0.409 e. The fourth-order valence-corrected chi connectivity index (χ4v) is 5.54. The molecule has 0 radical (unpaired) electrons. The average molecular weight is 417 g/mol. The summed E-state index contributed by atoms with van der Waals surface area (Å²) in [6, 6.07) is 0. The first-order valence-electron chi connectivity index (χ1n) is 11.1. The van der Waals surface area contributed by atoms with Crippen LogP contribution in [0.25, 0.3) is 10.2 Å². The Balaban J connectivity index is 1.70. The lowest BCUT2D eigenvalue weighted by molar-refractivity contribution is 0.105. The molecule has 3 heterocycles.